The molecule has 4 aliphatic carbocycles. The van der Waals surface area contributed by atoms with E-state index < -0.39 is 0 Å². The third kappa shape index (κ3) is 1.94. The number of allylic oxidation sites excluding steroid dienone is 4. The normalized spacial score (nSPS) is 52.4. The molecule has 116 valence electrons. The predicted octanol–water partition coefficient (Wildman–Crippen LogP) is 6.29. The van der Waals surface area contributed by atoms with Gasteiger partial charge >= 0.3 is 0 Å². The Morgan fingerprint density at radius 1 is 1.00 bits per heavy atom. The van der Waals surface area contributed by atoms with Crippen LogP contribution >= 0.6 is 23.2 Å². The first-order valence-electron chi connectivity index (χ1n) is 8.65. The summed E-state index contributed by atoms with van der Waals surface area (Å²) in [6.45, 7) is 4.95. The third-order valence-electron chi connectivity index (χ3n) is 7.53. The van der Waals surface area contributed by atoms with Crippen LogP contribution < -0.4 is 0 Å². The topological polar surface area (TPSA) is 0 Å². The van der Waals surface area contributed by atoms with Crippen LogP contribution in [-0.4, -0.2) is 5.38 Å². The van der Waals surface area contributed by atoms with Gasteiger partial charge in [-0.05, 0) is 68.1 Å². The minimum atomic E-state index is 0.272. The van der Waals surface area contributed by atoms with Crippen LogP contribution in [0.1, 0.15) is 58.8 Å². The fraction of sp³-hybridized carbons (Fsp3) is 0.789. The molecule has 4 aliphatic rings. The van der Waals surface area contributed by atoms with E-state index in [4.69, 9.17) is 23.2 Å². The lowest BCUT2D eigenvalue weighted by atomic mass is 9.48. The zero-order chi connectivity index (χ0) is 14.8. The summed E-state index contributed by atoms with van der Waals surface area (Å²) in [6, 6.07) is 0. The summed E-state index contributed by atoms with van der Waals surface area (Å²) in [5.74, 6) is 2.46. The van der Waals surface area contributed by atoms with Crippen molar-refractivity contribution < 1.29 is 0 Å². The molecule has 2 fully saturated rings. The molecule has 0 aliphatic heterocycles. The first kappa shape index (κ1) is 14.6. The quantitative estimate of drug-likeness (QED) is 0.363. The Morgan fingerprint density at radius 3 is 2.57 bits per heavy atom. The van der Waals surface area contributed by atoms with Gasteiger partial charge in [0.15, 0.2) is 0 Å². The van der Waals surface area contributed by atoms with Crippen molar-refractivity contribution in [1.82, 2.24) is 0 Å². The second-order valence-electron chi connectivity index (χ2n) is 8.34. The molecule has 0 aromatic carbocycles. The summed E-state index contributed by atoms with van der Waals surface area (Å²) in [5.41, 5.74) is 2.37. The van der Waals surface area contributed by atoms with E-state index in [1.807, 2.05) is 0 Å². The fourth-order valence-electron chi connectivity index (χ4n) is 6.13. The Hall–Kier alpha value is 0.0600. The van der Waals surface area contributed by atoms with E-state index >= 15 is 0 Å². The van der Waals surface area contributed by atoms with Gasteiger partial charge in [0, 0.05) is 15.8 Å². The number of alkyl halides is 1. The lowest BCUT2D eigenvalue weighted by Gasteiger charge is -2.57. The Morgan fingerprint density at radius 2 is 1.76 bits per heavy atom. The van der Waals surface area contributed by atoms with Crippen LogP contribution in [0.4, 0.5) is 0 Å². The summed E-state index contributed by atoms with van der Waals surface area (Å²) < 4.78 is 0. The van der Waals surface area contributed by atoms with Crippen LogP contribution in [0, 0.1) is 28.6 Å². The highest BCUT2D eigenvalue weighted by Crippen LogP contribution is 2.65. The van der Waals surface area contributed by atoms with Crippen LogP contribution in [0.3, 0.4) is 0 Å². The van der Waals surface area contributed by atoms with E-state index in [9.17, 15) is 0 Å². The largest absolute Gasteiger partial charge is 0.123 e. The standard InChI is InChI=1S/C19H26Cl2/c1-18-9-7-13(20)11-12(18)3-4-14-15-5-6-17(21)19(15,2)10-8-16(14)18/h3,6,13-16H,4-5,7-11H2,1-2H3/t13-,14+,15+,16+,18-,19+/m0/s1. The monoisotopic (exact) mass is 324 g/mol. The Balaban J connectivity index is 1.68. The van der Waals surface area contributed by atoms with Crippen molar-refractivity contribution in [3.05, 3.63) is 22.8 Å². The maximum Gasteiger partial charge on any atom is 0.0373 e. The number of rotatable bonds is 0. The average Bonchev–Trinajstić information content (AvgIpc) is 2.76. The molecule has 2 saturated carbocycles. The van der Waals surface area contributed by atoms with Crippen LogP contribution in [-0.2, 0) is 0 Å². The second kappa shape index (κ2) is 4.78. The minimum absolute atomic E-state index is 0.272. The van der Waals surface area contributed by atoms with Gasteiger partial charge in [-0.25, -0.2) is 0 Å². The van der Waals surface area contributed by atoms with Gasteiger partial charge in [-0.1, -0.05) is 43.2 Å². The molecule has 0 amide bonds. The van der Waals surface area contributed by atoms with Crippen molar-refractivity contribution in [2.24, 2.45) is 28.6 Å². The number of hydrogen-bond acceptors (Lipinski definition) is 0. The number of halogens is 2. The van der Waals surface area contributed by atoms with E-state index in [1.165, 1.54) is 38.5 Å². The highest BCUT2D eigenvalue weighted by Gasteiger charge is 2.56. The number of fused-ring (bicyclic) bond motifs is 5. The molecule has 2 heteroatoms. The maximum absolute atomic E-state index is 6.58. The summed E-state index contributed by atoms with van der Waals surface area (Å²) in [6.07, 6.45) is 13.6. The van der Waals surface area contributed by atoms with Gasteiger partial charge in [0.25, 0.3) is 0 Å². The number of hydrogen-bond donors (Lipinski definition) is 0. The average molecular weight is 325 g/mol. The Kier molecular flexibility index (Phi) is 3.33. The van der Waals surface area contributed by atoms with Gasteiger partial charge in [0.1, 0.15) is 0 Å². The zero-order valence-electron chi connectivity index (χ0n) is 13.2. The molecule has 21 heavy (non-hydrogen) atoms. The molecule has 0 unspecified atom stereocenters. The minimum Gasteiger partial charge on any atom is -0.123 e. The zero-order valence-corrected chi connectivity index (χ0v) is 14.7. The van der Waals surface area contributed by atoms with Gasteiger partial charge in [-0.15, -0.1) is 11.6 Å². The van der Waals surface area contributed by atoms with Crippen LogP contribution in [0.25, 0.3) is 0 Å². The first-order valence-corrected chi connectivity index (χ1v) is 9.46. The Labute approximate surface area is 139 Å². The molecule has 0 bridgehead atoms. The van der Waals surface area contributed by atoms with E-state index in [0.717, 1.165) is 29.2 Å². The summed E-state index contributed by atoms with van der Waals surface area (Å²) in [7, 11) is 0. The molecule has 4 rings (SSSR count). The molecular formula is C19H26Cl2. The van der Waals surface area contributed by atoms with Crippen LogP contribution in [0.15, 0.2) is 22.8 Å². The molecular weight excluding hydrogens is 299 g/mol. The maximum atomic E-state index is 6.58. The van der Waals surface area contributed by atoms with Gasteiger partial charge in [0.05, 0.1) is 0 Å². The van der Waals surface area contributed by atoms with Crippen LogP contribution in [0.5, 0.6) is 0 Å². The van der Waals surface area contributed by atoms with Crippen molar-refractivity contribution in [2.75, 3.05) is 0 Å². The van der Waals surface area contributed by atoms with Crippen molar-refractivity contribution in [1.29, 1.82) is 0 Å². The van der Waals surface area contributed by atoms with E-state index in [1.54, 1.807) is 5.57 Å². The molecule has 0 heterocycles. The van der Waals surface area contributed by atoms with E-state index in [-0.39, 0.29) is 5.41 Å². The smallest absolute Gasteiger partial charge is 0.0373 e. The van der Waals surface area contributed by atoms with Crippen molar-refractivity contribution >= 4 is 23.2 Å². The van der Waals surface area contributed by atoms with Gasteiger partial charge in [-0.3, -0.25) is 0 Å². The van der Waals surface area contributed by atoms with Crippen molar-refractivity contribution in [2.45, 2.75) is 64.2 Å². The highest BCUT2D eigenvalue weighted by molar-refractivity contribution is 6.30. The highest BCUT2D eigenvalue weighted by atomic mass is 35.5. The molecule has 0 radical (unpaired) electrons. The Bertz CT molecular complexity index is 520. The molecule has 0 aromatic rings. The third-order valence-corrected chi connectivity index (χ3v) is 8.49. The summed E-state index contributed by atoms with van der Waals surface area (Å²) >= 11 is 13.0. The summed E-state index contributed by atoms with van der Waals surface area (Å²) in [5, 5.41) is 1.52. The lowest BCUT2D eigenvalue weighted by Crippen LogP contribution is -2.49. The summed E-state index contributed by atoms with van der Waals surface area (Å²) in [4.78, 5) is 0. The first-order chi connectivity index (χ1) is 9.95. The van der Waals surface area contributed by atoms with Gasteiger partial charge < -0.3 is 0 Å². The second-order valence-corrected chi connectivity index (χ2v) is 9.37. The van der Waals surface area contributed by atoms with Gasteiger partial charge in [0.2, 0.25) is 0 Å². The lowest BCUT2D eigenvalue weighted by molar-refractivity contribution is -0.0141. The van der Waals surface area contributed by atoms with Gasteiger partial charge in [-0.2, -0.15) is 0 Å². The van der Waals surface area contributed by atoms with Crippen molar-refractivity contribution in [3.63, 3.8) is 0 Å². The molecule has 0 spiro atoms. The fourth-order valence-corrected chi connectivity index (χ4v) is 6.73. The molecule has 6 atom stereocenters. The van der Waals surface area contributed by atoms with Crippen molar-refractivity contribution in [3.8, 4) is 0 Å². The molecule has 0 N–H and O–H groups in total. The molecule has 0 aromatic heterocycles. The van der Waals surface area contributed by atoms with Crippen LogP contribution in [0.2, 0.25) is 0 Å². The molecule has 0 nitrogen and oxygen atoms in total. The molecule has 0 saturated heterocycles. The SMILES string of the molecule is C[C@@]12CC[C@@H]3[C@H](CC=C4C[C@@H](Cl)CC[C@@]43C)[C@H]1CC=C2Cl. The van der Waals surface area contributed by atoms with E-state index in [0.29, 0.717) is 10.8 Å². The van der Waals surface area contributed by atoms with E-state index in [2.05, 4.69) is 26.0 Å². The predicted molar refractivity (Wildman–Crippen MR) is 90.7 cm³/mol.